The van der Waals surface area contributed by atoms with Gasteiger partial charge in [-0.05, 0) is 43.6 Å². The maximum absolute atomic E-state index is 5.74. The van der Waals surface area contributed by atoms with Crippen LogP contribution in [0.4, 0.5) is 0 Å². The highest BCUT2D eigenvalue weighted by Gasteiger charge is 2.42. The van der Waals surface area contributed by atoms with Gasteiger partial charge in [-0.25, -0.2) is 0 Å². The lowest BCUT2D eigenvalue weighted by Gasteiger charge is -2.46. The molecule has 3 aliphatic rings. The summed E-state index contributed by atoms with van der Waals surface area (Å²) < 4.78 is 5.74. The second-order valence-electron chi connectivity index (χ2n) is 4.87. The predicted molar refractivity (Wildman–Crippen MR) is 52.2 cm³/mol. The van der Waals surface area contributed by atoms with Gasteiger partial charge >= 0.3 is 0 Å². The number of ether oxygens (including phenoxy) is 1. The first-order valence-electron chi connectivity index (χ1n) is 5.77. The number of hydrogen-bond donors (Lipinski definition) is 0. The van der Waals surface area contributed by atoms with Crippen LogP contribution in [0.2, 0.25) is 0 Å². The molecule has 0 aromatic rings. The normalized spacial score (nSPS) is 48.0. The van der Waals surface area contributed by atoms with Crippen LogP contribution in [-0.4, -0.2) is 6.10 Å². The molecule has 0 radical (unpaired) electrons. The van der Waals surface area contributed by atoms with E-state index in [9.17, 15) is 0 Å². The summed E-state index contributed by atoms with van der Waals surface area (Å²) in [5.41, 5.74) is 0. The van der Waals surface area contributed by atoms with E-state index in [1.54, 1.807) is 0 Å². The van der Waals surface area contributed by atoms with Crippen molar-refractivity contribution in [3.05, 3.63) is 12.3 Å². The van der Waals surface area contributed by atoms with Gasteiger partial charge in [-0.15, -0.1) is 0 Å². The summed E-state index contributed by atoms with van der Waals surface area (Å²) in [5.74, 6) is 2.73. The van der Waals surface area contributed by atoms with Crippen molar-refractivity contribution in [3.63, 3.8) is 0 Å². The Morgan fingerprint density at radius 2 is 1.85 bits per heavy atom. The van der Waals surface area contributed by atoms with Crippen molar-refractivity contribution in [2.45, 2.75) is 44.6 Å². The Hall–Kier alpha value is -0.460. The molecule has 0 N–H and O–H groups in total. The minimum Gasteiger partial charge on any atom is -0.498 e. The number of rotatable bonds is 0. The van der Waals surface area contributed by atoms with E-state index in [1.165, 1.54) is 38.5 Å². The summed E-state index contributed by atoms with van der Waals surface area (Å²) in [7, 11) is 0. The SMILES string of the molecule is C1=CC2CCCC3CCCC(O1)C23. The first-order valence-corrected chi connectivity index (χ1v) is 5.77. The molecule has 1 heteroatoms. The Morgan fingerprint density at radius 3 is 2.77 bits per heavy atom. The first-order chi connectivity index (χ1) is 6.45. The molecule has 0 saturated heterocycles. The van der Waals surface area contributed by atoms with Gasteiger partial charge in [0.05, 0.1) is 6.26 Å². The van der Waals surface area contributed by atoms with Crippen molar-refractivity contribution in [2.75, 3.05) is 0 Å². The summed E-state index contributed by atoms with van der Waals surface area (Å²) in [4.78, 5) is 0. The topological polar surface area (TPSA) is 9.23 Å². The van der Waals surface area contributed by atoms with Gasteiger partial charge in [-0.2, -0.15) is 0 Å². The van der Waals surface area contributed by atoms with Crippen molar-refractivity contribution in [1.82, 2.24) is 0 Å². The van der Waals surface area contributed by atoms with E-state index in [2.05, 4.69) is 6.08 Å². The van der Waals surface area contributed by atoms with Crippen LogP contribution < -0.4 is 0 Å². The van der Waals surface area contributed by atoms with Crippen LogP contribution in [0.3, 0.4) is 0 Å². The van der Waals surface area contributed by atoms with Crippen LogP contribution in [0.15, 0.2) is 12.3 Å². The molecule has 1 nitrogen and oxygen atoms in total. The Morgan fingerprint density at radius 1 is 1.00 bits per heavy atom. The van der Waals surface area contributed by atoms with Crippen LogP contribution >= 0.6 is 0 Å². The minimum absolute atomic E-state index is 0.578. The quantitative estimate of drug-likeness (QED) is 0.554. The fourth-order valence-corrected chi connectivity index (χ4v) is 3.67. The summed E-state index contributed by atoms with van der Waals surface area (Å²) >= 11 is 0. The second kappa shape index (κ2) is 3.04. The van der Waals surface area contributed by atoms with E-state index < -0.39 is 0 Å². The lowest BCUT2D eigenvalue weighted by molar-refractivity contribution is -0.0361. The molecule has 13 heavy (non-hydrogen) atoms. The Kier molecular flexibility index (Phi) is 1.85. The van der Waals surface area contributed by atoms with Crippen molar-refractivity contribution in [2.24, 2.45) is 17.8 Å². The van der Waals surface area contributed by atoms with Gasteiger partial charge in [-0.3, -0.25) is 0 Å². The van der Waals surface area contributed by atoms with E-state index >= 15 is 0 Å². The zero-order valence-corrected chi connectivity index (χ0v) is 8.11. The molecule has 2 aliphatic carbocycles. The number of allylic oxidation sites excluding steroid dienone is 1. The van der Waals surface area contributed by atoms with Gasteiger partial charge in [-0.1, -0.05) is 12.8 Å². The zero-order chi connectivity index (χ0) is 8.67. The molecule has 4 atom stereocenters. The maximum atomic E-state index is 5.74. The predicted octanol–water partition coefficient (Wildman–Crippen LogP) is 3.12. The Labute approximate surface area is 80.2 Å². The molecule has 2 saturated carbocycles. The summed E-state index contributed by atoms with van der Waals surface area (Å²) in [6.07, 6.45) is 13.4. The van der Waals surface area contributed by atoms with Crippen molar-refractivity contribution in [3.8, 4) is 0 Å². The van der Waals surface area contributed by atoms with Gasteiger partial charge in [0.1, 0.15) is 6.10 Å². The van der Waals surface area contributed by atoms with E-state index in [4.69, 9.17) is 4.74 Å². The zero-order valence-electron chi connectivity index (χ0n) is 8.11. The standard InChI is InChI=1S/C12H18O/c1-3-9-5-2-6-11-12(9)10(4-1)7-8-13-11/h7-12H,1-6H2. The van der Waals surface area contributed by atoms with Crippen molar-refractivity contribution < 1.29 is 4.74 Å². The molecule has 4 unspecified atom stereocenters. The molecule has 0 amide bonds. The fraction of sp³-hybridized carbons (Fsp3) is 0.833. The molecular formula is C12H18O. The van der Waals surface area contributed by atoms with E-state index in [-0.39, 0.29) is 0 Å². The highest BCUT2D eigenvalue weighted by molar-refractivity contribution is 5.02. The summed E-state index contributed by atoms with van der Waals surface area (Å²) in [6.45, 7) is 0. The molecule has 0 spiro atoms. The van der Waals surface area contributed by atoms with Gasteiger partial charge in [0.15, 0.2) is 0 Å². The average Bonchev–Trinajstić information content (AvgIpc) is 2.19. The second-order valence-corrected chi connectivity index (χ2v) is 4.87. The fourth-order valence-electron chi connectivity index (χ4n) is 3.67. The van der Waals surface area contributed by atoms with Gasteiger partial charge < -0.3 is 4.74 Å². The lowest BCUT2D eigenvalue weighted by atomic mass is 9.63. The molecule has 0 bridgehead atoms. The van der Waals surface area contributed by atoms with Gasteiger partial charge in [0.2, 0.25) is 0 Å². The molecule has 0 aromatic heterocycles. The third-order valence-electron chi connectivity index (χ3n) is 4.22. The van der Waals surface area contributed by atoms with E-state index in [0.29, 0.717) is 6.10 Å². The van der Waals surface area contributed by atoms with E-state index in [1.807, 2.05) is 6.26 Å². The highest BCUT2D eigenvalue weighted by Crippen LogP contribution is 2.47. The van der Waals surface area contributed by atoms with Crippen LogP contribution in [0.1, 0.15) is 38.5 Å². The number of hydrogen-bond acceptors (Lipinski definition) is 1. The van der Waals surface area contributed by atoms with Gasteiger partial charge in [0, 0.05) is 5.92 Å². The van der Waals surface area contributed by atoms with Crippen molar-refractivity contribution >= 4 is 0 Å². The first kappa shape index (κ1) is 7.90. The third kappa shape index (κ3) is 1.20. The lowest BCUT2D eigenvalue weighted by Crippen LogP contribution is -2.42. The average molecular weight is 178 g/mol. The van der Waals surface area contributed by atoms with E-state index in [0.717, 1.165) is 17.8 Å². The molecule has 3 rings (SSSR count). The molecule has 1 heterocycles. The van der Waals surface area contributed by atoms with Crippen LogP contribution in [-0.2, 0) is 4.74 Å². The monoisotopic (exact) mass is 178 g/mol. The smallest absolute Gasteiger partial charge is 0.101 e. The van der Waals surface area contributed by atoms with Crippen molar-refractivity contribution in [1.29, 1.82) is 0 Å². The molecule has 1 aliphatic heterocycles. The maximum Gasteiger partial charge on any atom is 0.101 e. The van der Waals surface area contributed by atoms with Gasteiger partial charge in [0.25, 0.3) is 0 Å². The third-order valence-corrected chi connectivity index (χ3v) is 4.22. The Bertz CT molecular complexity index is 219. The summed E-state index contributed by atoms with van der Waals surface area (Å²) in [5, 5.41) is 0. The minimum atomic E-state index is 0.578. The van der Waals surface area contributed by atoms with Crippen LogP contribution in [0.5, 0.6) is 0 Å². The largest absolute Gasteiger partial charge is 0.498 e. The van der Waals surface area contributed by atoms with Crippen LogP contribution in [0.25, 0.3) is 0 Å². The molecular weight excluding hydrogens is 160 g/mol. The molecule has 2 fully saturated rings. The molecule has 0 aromatic carbocycles. The highest BCUT2D eigenvalue weighted by atomic mass is 16.5. The summed E-state index contributed by atoms with van der Waals surface area (Å²) in [6, 6.07) is 0. The Balaban J connectivity index is 1.88. The van der Waals surface area contributed by atoms with Crippen LogP contribution in [0, 0.1) is 17.8 Å². The molecule has 72 valence electrons.